The molecular weight excluding hydrogens is 447 g/mol. The summed E-state index contributed by atoms with van der Waals surface area (Å²) >= 11 is 2.18. The molecular formula is C20H19IO5. The van der Waals surface area contributed by atoms with Crippen LogP contribution in [0.1, 0.15) is 16.7 Å². The highest BCUT2D eigenvalue weighted by Gasteiger charge is 2.53. The van der Waals surface area contributed by atoms with Crippen LogP contribution in [-0.2, 0) is 32.6 Å². The fourth-order valence-corrected chi connectivity index (χ4v) is 4.18. The number of carbonyl (C=O) groups is 2. The van der Waals surface area contributed by atoms with Gasteiger partial charge >= 0.3 is 5.97 Å². The highest BCUT2D eigenvalue weighted by Crippen LogP contribution is 2.42. The van der Waals surface area contributed by atoms with E-state index in [1.807, 2.05) is 36.4 Å². The third-order valence-electron chi connectivity index (χ3n) is 4.85. The summed E-state index contributed by atoms with van der Waals surface area (Å²) in [5, 5.41) is 0. The van der Waals surface area contributed by atoms with Crippen molar-refractivity contribution < 1.29 is 23.8 Å². The zero-order valence-electron chi connectivity index (χ0n) is 14.8. The second-order valence-corrected chi connectivity index (χ2v) is 7.29. The Morgan fingerprint density at radius 1 is 1.12 bits per heavy atom. The second kappa shape index (κ2) is 7.26. The molecule has 5 nitrogen and oxygen atoms in total. The van der Waals surface area contributed by atoms with Crippen molar-refractivity contribution in [1.82, 2.24) is 0 Å². The van der Waals surface area contributed by atoms with Gasteiger partial charge in [0, 0.05) is 16.4 Å². The van der Waals surface area contributed by atoms with E-state index in [4.69, 9.17) is 14.2 Å². The molecule has 1 unspecified atom stereocenters. The van der Waals surface area contributed by atoms with Gasteiger partial charge in [-0.15, -0.1) is 0 Å². The van der Waals surface area contributed by atoms with Crippen LogP contribution in [0.3, 0.4) is 0 Å². The van der Waals surface area contributed by atoms with Crippen molar-refractivity contribution in [2.75, 3.05) is 21.3 Å². The maximum atomic E-state index is 13.0. The molecule has 1 aliphatic rings. The van der Waals surface area contributed by atoms with Gasteiger partial charge in [-0.2, -0.15) is 0 Å². The van der Waals surface area contributed by atoms with E-state index >= 15 is 0 Å². The smallest absolute Gasteiger partial charge is 0.324 e. The van der Waals surface area contributed by atoms with E-state index in [9.17, 15) is 9.59 Å². The SMILES string of the molecule is COC(=O)C1(Cc2cc(OC)c(OC)cc2I)C(=O)Cc2ccccc21. The Kier molecular flexibility index (Phi) is 5.22. The average Bonchev–Trinajstić information content (AvgIpc) is 2.94. The van der Waals surface area contributed by atoms with Gasteiger partial charge < -0.3 is 14.2 Å². The number of carbonyl (C=O) groups excluding carboxylic acids is 2. The Balaban J connectivity index is 2.16. The average molecular weight is 466 g/mol. The van der Waals surface area contributed by atoms with Crippen LogP contribution < -0.4 is 9.47 Å². The minimum Gasteiger partial charge on any atom is -0.493 e. The van der Waals surface area contributed by atoms with Crippen LogP contribution in [0.15, 0.2) is 36.4 Å². The van der Waals surface area contributed by atoms with E-state index < -0.39 is 11.4 Å². The molecule has 3 rings (SSSR count). The van der Waals surface area contributed by atoms with Crippen LogP contribution >= 0.6 is 22.6 Å². The molecule has 6 heteroatoms. The van der Waals surface area contributed by atoms with E-state index in [1.54, 1.807) is 14.2 Å². The minimum atomic E-state index is -1.33. The van der Waals surface area contributed by atoms with Gasteiger partial charge in [0.15, 0.2) is 22.7 Å². The molecule has 0 saturated heterocycles. The van der Waals surface area contributed by atoms with Crippen molar-refractivity contribution in [3.63, 3.8) is 0 Å². The number of hydrogen-bond acceptors (Lipinski definition) is 5. The van der Waals surface area contributed by atoms with E-state index in [0.29, 0.717) is 11.5 Å². The van der Waals surface area contributed by atoms with Crippen molar-refractivity contribution in [1.29, 1.82) is 0 Å². The largest absolute Gasteiger partial charge is 0.493 e. The molecule has 0 spiro atoms. The number of fused-ring (bicyclic) bond motifs is 1. The molecule has 0 amide bonds. The standard InChI is InChI=1S/C20H19IO5/c1-24-16-8-13(15(21)10-17(16)25-2)11-20(19(23)26-3)14-7-5-4-6-12(14)9-18(20)22/h4-8,10H,9,11H2,1-3H3. The van der Waals surface area contributed by atoms with Crippen LogP contribution in [0.4, 0.5) is 0 Å². The quantitative estimate of drug-likeness (QED) is 0.385. The predicted octanol–water partition coefficient (Wildman–Crippen LogP) is 3.09. The number of benzene rings is 2. The number of halogens is 1. The first-order valence-corrected chi connectivity index (χ1v) is 9.16. The molecule has 0 heterocycles. The minimum absolute atomic E-state index is 0.142. The third-order valence-corrected chi connectivity index (χ3v) is 5.85. The molecule has 0 saturated carbocycles. The van der Waals surface area contributed by atoms with Gasteiger partial charge in [0.1, 0.15) is 0 Å². The van der Waals surface area contributed by atoms with E-state index in [2.05, 4.69) is 22.6 Å². The Morgan fingerprint density at radius 2 is 1.77 bits per heavy atom. The van der Waals surface area contributed by atoms with Crippen molar-refractivity contribution in [3.05, 3.63) is 56.7 Å². The number of ether oxygens (including phenoxy) is 3. The molecule has 136 valence electrons. The lowest BCUT2D eigenvalue weighted by molar-refractivity contribution is -0.151. The first kappa shape index (κ1) is 18.7. The maximum absolute atomic E-state index is 13.0. The number of esters is 1. The normalized spacial score (nSPS) is 18.4. The van der Waals surface area contributed by atoms with E-state index in [-0.39, 0.29) is 18.6 Å². The second-order valence-electron chi connectivity index (χ2n) is 6.13. The van der Waals surface area contributed by atoms with Crippen LogP contribution in [0.25, 0.3) is 0 Å². The molecule has 26 heavy (non-hydrogen) atoms. The predicted molar refractivity (Wildman–Crippen MR) is 105 cm³/mol. The van der Waals surface area contributed by atoms with Gasteiger partial charge in [-0.25, -0.2) is 0 Å². The number of methoxy groups -OCH3 is 3. The van der Waals surface area contributed by atoms with Gasteiger partial charge in [0.2, 0.25) is 0 Å². The van der Waals surface area contributed by atoms with Gasteiger partial charge in [0.05, 0.1) is 21.3 Å². The number of Topliss-reactive ketones (excluding diaryl/α,β-unsaturated/α-hetero) is 1. The van der Waals surface area contributed by atoms with Crippen LogP contribution in [0, 0.1) is 3.57 Å². The van der Waals surface area contributed by atoms with Crippen molar-refractivity contribution in [3.8, 4) is 11.5 Å². The summed E-state index contributed by atoms with van der Waals surface area (Å²) in [6, 6.07) is 11.1. The lowest BCUT2D eigenvalue weighted by Gasteiger charge is -2.27. The molecule has 0 N–H and O–H groups in total. The van der Waals surface area contributed by atoms with E-state index in [1.165, 1.54) is 7.11 Å². The molecule has 0 fully saturated rings. The Hall–Kier alpha value is -2.09. The van der Waals surface area contributed by atoms with Gasteiger partial charge in [-0.1, -0.05) is 24.3 Å². The summed E-state index contributed by atoms with van der Waals surface area (Å²) in [5.41, 5.74) is 1.10. The first-order chi connectivity index (χ1) is 12.5. The molecule has 2 aromatic rings. The number of ketones is 1. The molecule has 0 aromatic heterocycles. The summed E-state index contributed by atoms with van der Waals surface area (Å²) < 4.78 is 16.7. The Labute approximate surface area is 165 Å². The topological polar surface area (TPSA) is 61.8 Å². The first-order valence-electron chi connectivity index (χ1n) is 8.08. The number of rotatable bonds is 5. The zero-order valence-corrected chi connectivity index (χ0v) is 17.0. The van der Waals surface area contributed by atoms with Crippen LogP contribution in [0.2, 0.25) is 0 Å². The third kappa shape index (κ3) is 2.86. The summed E-state index contributed by atoms with van der Waals surface area (Å²) in [7, 11) is 4.44. The molecule has 0 bridgehead atoms. The van der Waals surface area contributed by atoms with Crippen molar-refractivity contribution >= 4 is 34.3 Å². The monoisotopic (exact) mass is 466 g/mol. The van der Waals surface area contributed by atoms with E-state index in [0.717, 1.165) is 20.3 Å². The molecule has 1 aliphatic carbocycles. The summed E-state index contributed by atoms with van der Waals surface area (Å²) in [6.45, 7) is 0. The van der Waals surface area contributed by atoms with Gasteiger partial charge in [0.25, 0.3) is 0 Å². The molecule has 0 aliphatic heterocycles. The summed E-state index contributed by atoms with van der Waals surface area (Å²) in [5.74, 6) is 0.488. The summed E-state index contributed by atoms with van der Waals surface area (Å²) in [6.07, 6.45) is 0.448. The lowest BCUT2D eigenvalue weighted by atomic mass is 9.75. The van der Waals surface area contributed by atoms with Crippen LogP contribution in [-0.4, -0.2) is 33.1 Å². The molecule has 2 aromatic carbocycles. The summed E-state index contributed by atoms with van der Waals surface area (Å²) in [4.78, 5) is 25.8. The van der Waals surface area contributed by atoms with Gasteiger partial charge in [-0.3, -0.25) is 9.59 Å². The Bertz CT molecular complexity index is 867. The van der Waals surface area contributed by atoms with Gasteiger partial charge in [-0.05, 0) is 51.4 Å². The Morgan fingerprint density at radius 3 is 2.42 bits per heavy atom. The highest BCUT2D eigenvalue weighted by atomic mass is 127. The maximum Gasteiger partial charge on any atom is 0.324 e. The van der Waals surface area contributed by atoms with Crippen LogP contribution in [0.5, 0.6) is 11.5 Å². The molecule has 1 atom stereocenters. The number of hydrogen-bond donors (Lipinski definition) is 0. The lowest BCUT2D eigenvalue weighted by Crippen LogP contribution is -2.44. The van der Waals surface area contributed by atoms with Crippen molar-refractivity contribution in [2.24, 2.45) is 0 Å². The zero-order chi connectivity index (χ0) is 18.9. The highest BCUT2D eigenvalue weighted by molar-refractivity contribution is 14.1. The molecule has 0 radical (unpaired) electrons. The fraction of sp³-hybridized carbons (Fsp3) is 0.300. The van der Waals surface area contributed by atoms with Crippen molar-refractivity contribution in [2.45, 2.75) is 18.3 Å². The fourth-order valence-electron chi connectivity index (χ4n) is 3.55.